The Morgan fingerprint density at radius 2 is 1.92 bits per heavy atom. The lowest BCUT2D eigenvalue weighted by Gasteiger charge is -2.37. The number of carbonyl (C=O) groups is 1. The molecule has 2 aliphatic heterocycles. The normalized spacial score (nSPS) is 24.0. The van der Waals surface area contributed by atoms with Crippen molar-refractivity contribution in [1.82, 2.24) is 14.8 Å². The molecule has 134 valence electrons. The number of rotatable bonds is 3. The summed E-state index contributed by atoms with van der Waals surface area (Å²) in [4.78, 5) is 20.0. The van der Waals surface area contributed by atoms with Crippen molar-refractivity contribution in [1.29, 1.82) is 0 Å². The van der Waals surface area contributed by atoms with E-state index in [-0.39, 0.29) is 17.7 Å². The molecule has 6 nitrogen and oxygen atoms in total. The summed E-state index contributed by atoms with van der Waals surface area (Å²) < 4.78 is 23.3. The average molecular weight is 361 g/mol. The third kappa shape index (κ3) is 3.43. The maximum absolute atomic E-state index is 12.6. The average Bonchev–Trinajstić information content (AvgIpc) is 3.18. The van der Waals surface area contributed by atoms with E-state index < -0.39 is 9.84 Å². The van der Waals surface area contributed by atoms with Gasteiger partial charge in [0.2, 0.25) is 5.91 Å². The van der Waals surface area contributed by atoms with Gasteiger partial charge in [-0.1, -0.05) is 18.2 Å². The number of amides is 1. The fourth-order valence-corrected chi connectivity index (χ4v) is 5.71. The van der Waals surface area contributed by atoms with Gasteiger partial charge in [0.05, 0.1) is 17.9 Å². The van der Waals surface area contributed by atoms with Gasteiger partial charge >= 0.3 is 0 Å². The second kappa shape index (κ2) is 6.46. The quantitative estimate of drug-likeness (QED) is 0.887. The molecule has 7 heteroatoms. The number of nitrogens with one attached hydrogen (secondary N) is 1. The number of hydrogen-bond acceptors (Lipinski definition) is 4. The summed E-state index contributed by atoms with van der Waals surface area (Å²) in [5.41, 5.74) is 2.09. The highest BCUT2D eigenvalue weighted by Crippen LogP contribution is 2.21. The number of fused-ring (bicyclic) bond motifs is 1. The Bertz CT molecular complexity index is 882. The zero-order valence-electron chi connectivity index (χ0n) is 14.1. The first kappa shape index (κ1) is 16.6. The molecule has 2 aliphatic rings. The van der Waals surface area contributed by atoms with Gasteiger partial charge in [-0.05, 0) is 18.1 Å². The number of piperazine rings is 1. The number of nitrogens with zero attached hydrogens (tertiary/aromatic N) is 2. The predicted molar refractivity (Wildman–Crippen MR) is 97.2 cm³/mol. The Morgan fingerprint density at radius 1 is 1.16 bits per heavy atom. The molecule has 25 heavy (non-hydrogen) atoms. The monoisotopic (exact) mass is 361 g/mol. The van der Waals surface area contributed by atoms with Crippen LogP contribution in [0.3, 0.4) is 0 Å². The molecule has 1 aromatic heterocycles. The van der Waals surface area contributed by atoms with Crippen molar-refractivity contribution < 1.29 is 13.2 Å². The van der Waals surface area contributed by atoms with Crippen LogP contribution in [-0.2, 0) is 21.1 Å². The third-order valence-corrected chi connectivity index (χ3v) is 7.16. The molecule has 1 amide bonds. The molecule has 2 fully saturated rings. The highest BCUT2D eigenvalue weighted by atomic mass is 32.2. The van der Waals surface area contributed by atoms with Crippen LogP contribution in [0.5, 0.6) is 0 Å². The second-order valence-corrected chi connectivity index (χ2v) is 9.24. The van der Waals surface area contributed by atoms with Crippen molar-refractivity contribution in [2.45, 2.75) is 18.9 Å². The molecule has 2 saturated heterocycles. The van der Waals surface area contributed by atoms with E-state index in [0.29, 0.717) is 25.3 Å². The zero-order chi connectivity index (χ0) is 17.4. The number of para-hydroxylation sites is 1. The molecule has 3 heterocycles. The summed E-state index contributed by atoms with van der Waals surface area (Å²) in [7, 11) is -2.86. The van der Waals surface area contributed by atoms with Gasteiger partial charge in [0.1, 0.15) is 0 Å². The minimum Gasteiger partial charge on any atom is -0.361 e. The predicted octanol–water partition coefficient (Wildman–Crippen LogP) is 1.04. The van der Waals surface area contributed by atoms with Crippen molar-refractivity contribution in [2.75, 3.05) is 37.7 Å². The molecule has 0 unspecified atom stereocenters. The van der Waals surface area contributed by atoms with Gasteiger partial charge in [-0.15, -0.1) is 0 Å². The number of sulfone groups is 1. The van der Waals surface area contributed by atoms with Gasteiger partial charge in [0.25, 0.3) is 0 Å². The van der Waals surface area contributed by atoms with Gasteiger partial charge in [0.15, 0.2) is 9.84 Å². The molecule has 2 aromatic rings. The van der Waals surface area contributed by atoms with Crippen molar-refractivity contribution in [3.8, 4) is 0 Å². The fraction of sp³-hybridized carbons (Fsp3) is 0.500. The van der Waals surface area contributed by atoms with Crippen LogP contribution in [-0.4, -0.2) is 72.8 Å². The Balaban J connectivity index is 1.35. The Hall–Kier alpha value is -1.86. The van der Waals surface area contributed by atoms with E-state index in [2.05, 4.69) is 9.88 Å². The van der Waals surface area contributed by atoms with E-state index >= 15 is 0 Å². The Kier molecular flexibility index (Phi) is 4.29. The van der Waals surface area contributed by atoms with Crippen LogP contribution in [0.15, 0.2) is 30.5 Å². The number of benzene rings is 1. The van der Waals surface area contributed by atoms with E-state index in [9.17, 15) is 13.2 Å². The van der Waals surface area contributed by atoms with Crippen LogP contribution in [0.2, 0.25) is 0 Å². The van der Waals surface area contributed by atoms with E-state index in [1.54, 1.807) is 0 Å². The summed E-state index contributed by atoms with van der Waals surface area (Å²) in [5.74, 6) is 0.719. The minimum absolute atomic E-state index is 0.135. The van der Waals surface area contributed by atoms with Gasteiger partial charge in [0, 0.05) is 49.3 Å². The van der Waals surface area contributed by atoms with E-state index in [1.165, 1.54) is 0 Å². The number of carbonyl (C=O) groups excluding carboxylic acids is 1. The first-order valence-corrected chi connectivity index (χ1v) is 10.6. The minimum atomic E-state index is -2.86. The van der Waals surface area contributed by atoms with Crippen LogP contribution >= 0.6 is 0 Å². The van der Waals surface area contributed by atoms with Crippen LogP contribution < -0.4 is 0 Å². The lowest BCUT2D eigenvalue weighted by molar-refractivity contribution is -0.132. The maximum Gasteiger partial charge on any atom is 0.227 e. The van der Waals surface area contributed by atoms with E-state index in [1.807, 2.05) is 35.4 Å². The van der Waals surface area contributed by atoms with Gasteiger partial charge in [-0.2, -0.15) is 0 Å². The van der Waals surface area contributed by atoms with Crippen LogP contribution in [0.25, 0.3) is 10.9 Å². The molecule has 4 rings (SSSR count). The lowest BCUT2D eigenvalue weighted by atomic mass is 10.1. The van der Waals surface area contributed by atoms with Gasteiger partial charge < -0.3 is 9.88 Å². The number of aromatic nitrogens is 1. The van der Waals surface area contributed by atoms with Crippen molar-refractivity contribution in [2.24, 2.45) is 0 Å². The first-order valence-electron chi connectivity index (χ1n) is 8.79. The van der Waals surface area contributed by atoms with Crippen molar-refractivity contribution in [3.05, 3.63) is 36.0 Å². The number of H-pyrrole nitrogens is 1. The van der Waals surface area contributed by atoms with Gasteiger partial charge in [-0.3, -0.25) is 9.69 Å². The maximum atomic E-state index is 12.6. The zero-order valence-corrected chi connectivity index (χ0v) is 15.0. The fourth-order valence-electron chi connectivity index (χ4n) is 3.95. The molecule has 0 saturated carbocycles. The van der Waals surface area contributed by atoms with Crippen LogP contribution in [0.1, 0.15) is 12.0 Å². The highest BCUT2D eigenvalue weighted by molar-refractivity contribution is 7.91. The molecule has 0 spiro atoms. The molecule has 0 aliphatic carbocycles. The largest absolute Gasteiger partial charge is 0.361 e. The Labute approximate surface area is 147 Å². The molecular formula is C18H23N3O3S. The molecule has 0 bridgehead atoms. The first-order chi connectivity index (χ1) is 12.0. The third-order valence-electron chi connectivity index (χ3n) is 5.41. The van der Waals surface area contributed by atoms with E-state index in [0.717, 1.165) is 36.0 Å². The smallest absolute Gasteiger partial charge is 0.227 e. The molecule has 1 N–H and O–H groups in total. The van der Waals surface area contributed by atoms with E-state index in [4.69, 9.17) is 0 Å². The molecule has 1 atom stereocenters. The number of aromatic amines is 1. The molecule has 0 radical (unpaired) electrons. The van der Waals surface area contributed by atoms with Crippen molar-refractivity contribution in [3.63, 3.8) is 0 Å². The highest BCUT2D eigenvalue weighted by Gasteiger charge is 2.34. The summed E-state index contributed by atoms with van der Waals surface area (Å²) in [6.07, 6.45) is 3.05. The Morgan fingerprint density at radius 3 is 2.64 bits per heavy atom. The lowest BCUT2D eigenvalue weighted by Crippen LogP contribution is -2.52. The van der Waals surface area contributed by atoms with Gasteiger partial charge in [-0.25, -0.2) is 8.42 Å². The SMILES string of the molecule is O=C(Cc1c[nH]c2ccccc12)N1CCN([C@H]2CCS(=O)(=O)C2)CC1. The van der Waals surface area contributed by atoms with Crippen LogP contribution in [0, 0.1) is 0 Å². The number of hydrogen-bond donors (Lipinski definition) is 1. The summed E-state index contributed by atoms with van der Waals surface area (Å²) >= 11 is 0. The van der Waals surface area contributed by atoms with Crippen LogP contribution in [0.4, 0.5) is 0 Å². The standard InChI is InChI=1S/C18H23N3O3S/c22-18(11-14-12-19-17-4-2-1-3-16(14)17)21-8-6-20(7-9-21)15-5-10-25(23,24)13-15/h1-4,12,15,19H,5-11,13H2/t15-/m0/s1. The second-order valence-electron chi connectivity index (χ2n) is 7.01. The summed E-state index contributed by atoms with van der Waals surface area (Å²) in [6.45, 7) is 2.88. The molecule has 1 aromatic carbocycles. The summed E-state index contributed by atoms with van der Waals surface area (Å²) in [5, 5.41) is 1.10. The summed E-state index contributed by atoms with van der Waals surface area (Å²) in [6, 6.07) is 8.15. The topological polar surface area (TPSA) is 73.5 Å². The van der Waals surface area contributed by atoms with Crippen molar-refractivity contribution >= 4 is 26.6 Å². The molecular weight excluding hydrogens is 338 g/mol.